The van der Waals surface area contributed by atoms with Crippen molar-refractivity contribution in [2.75, 3.05) is 38.8 Å². The van der Waals surface area contributed by atoms with Crippen LogP contribution < -0.4 is 14.4 Å². The number of thiophene rings is 1. The standard InChI is InChI=1S/C17H21N3O3S/c1-21-14-11-13(18-16(19-14)22-2)20-7-5-17(6-8-20)15-12(3-9-23-17)4-10-24-15/h4,10-11H,3,5-9H2,1-2H3. The Bertz CT molecular complexity index is 703. The lowest BCUT2D eigenvalue weighted by Crippen LogP contribution is -2.46. The Kier molecular flexibility index (Phi) is 4.05. The van der Waals surface area contributed by atoms with Crippen LogP contribution in [0.5, 0.6) is 11.9 Å². The molecule has 0 atom stereocenters. The fourth-order valence-electron chi connectivity index (χ4n) is 3.57. The minimum Gasteiger partial charge on any atom is -0.481 e. The molecular formula is C17H21N3O3S. The van der Waals surface area contributed by atoms with Gasteiger partial charge in [-0.25, -0.2) is 0 Å². The smallest absolute Gasteiger partial charge is 0.321 e. The molecule has 0 amide bonds. The van der Waals surface area contributed by atoms with Gasteiger partial charge < -0.3 is 19.1 Å². The molecule has 0 N–H and O–H groups in total. The van der Waals surface area contributed by atoms with Crippen LogP contribution in [-0.4, -0.2) is 43.9 Å². The van der Waals surface area contributed by atoms with Crippen LogP contribution in [0.15, 0.2) is 17.5 Å². The molecule has 2 aromatic heterocycles. The summed E-state index contributed by atoms with van der Waals surface area (Å²) in [6.07, 6.45) is 2.97. The summed E-state index contributed by atoms with van der Waals surface area (Å²) >= 11 is 1.83. The predicted molar refractivity (Wildman–Crippen MR) is 92.2 cm³/mol. The molecule has 4 rings (SSSR count). The zero-order valence-electron chi connectivity index (χ0n) is 13.9. The number of ether oxygens (including phenoxy) is 3. The third-order valence-electron chi connectivity index (χ3n) is 4.87. The SMILES string of the molecule is COc1cc(N2CCC3(CC2)OCCc2ccsc23)nc(OC)n1. The molecule has 7 heteroatoms. The van der Waals surface area contributed by atoms with E-state index in [2.05, 4.69) is 26.3 Å². The van der Waals surface area contributed by atoms with E-state index in [1.807, 2.05) is 17.4 Å². The molecule has 128 valence electrons. The van der Waals surface area contributed by atoms with E-state index in [-0.39, 0.29) is 5.60 Å². The van der Waals surface area contributed by atoms with Gasteiger partial charge in [-0.1, -0.05) is 0 Å². The lowest BCUT2D eigenvalue weighted by molar-refractivity contribution is -0.0735. The van der Waals surface area contributed by atoms with E-state index in [9.17, 15) is 0 Å². The molecule has 0 bridgehead atoms. The van der Waals surface area contributed by atoms with Crippen molar-refractivity contribution >= 4 is 17.2 Å². The molecule has 4 heterocycles. The molecule has 2 aliphatic rings. The second-order valence-electron chi connectivity index (χ2n) is 6.11. The molecule has 0 unspecified atom stereocenters. The maximum atomic E-state index is 6.27. The molecule has 6 nitrogen and oxygen atoms in total. The van der Waals surface area contributed by atoms with E-state index < -0.39 is 0 Å². The average molecular weight is 347 g/mol. The summed E-state index contributed by atoms with van der Waals surface area (Å²) in [5.41, 5.74) is 1.35. The van der Waals surface area contributed by atoms with Crippen LogP contribution in [0.3, 0.4) is 0 Å². The molecule has 0 radical (unpaired) electrons. The molecular weight excluding hydrogens is 326 g/mol. The van der Waals surface area contributed by atoms with E-state index in [4.69, 9.17) is 14.2 Å². The Balaban J connectivity index is 1.55. The quantitative estimate of drug-likeness (QED) is 0.851. The van der Waals surface area contributed by atoms with Gasteiger partial charge in [0.05, 0.1) is 20.8 Å². The van der Waals surface area contributed by atoms with Gasteiger partial charge in [0.1, 0.15) is 11.4 Å². The van der Waals surface area contributed by atoms with Crippen LogP contribution in [0, 0.1) is 0 Å². The van der Waals surface area contributed by atoms with Crippen molar-refractivity contribution in [1.29, 1.82) is 0 Å². The van der Waals surface area contributed by atoms with Crippen molar-refractivity contribution in [3.05, 3.63) is 28.0 Å². The van der Waals surface area contributed by atoms with Crippen LogP contribution in [0.2, 0.25) is 0 Å². The Morgan fingerprint density at radius 2 is 2.04 bits per heavy atom. The van der Waals surface area contributed by atoms with E-state index in [0.29, 0.717) is 11.9 Å². The number of rotatable bonds is 3. The zero-order chi connectivity index (χ0) is 16.6. The van der Waals surface area contributed by atoms with Gasteiger partial charge in [-0.2, -0.15) is 9.97 Å². The molecule has 2 aliphatic heterocycles. The van der Waals surface area contributed by atoms with Crippen molar-refractivity contribution in [2.45, 2.75) is 24.9 Å². The van der Waals surface area contributed by atoms with Gasteiger partial charge in [-0.3, -0.25) is 0 Å². The summed E-state index contributed by atoms with van der Waals surface area (Å²) < 4.78 is 16.7. The summed E-state index contributed by atoms with van der Waals surface area (Å²) in [6, 6.07) is 4.44. The fourth-order valence-corrected chi connectivity index (χ4v) is 4.74. The lowest BCUT2D eigenvalue weighted by Gasteiger charge is -2.44. The normalized spacial score (nSPS) is 19.2. The van der Waals surface area contributed by atoms with E-state index >= 15 is 0 Å². The Morgan fingerprint density at radius 3 is 2.79 bits per heavy atom. The van der Waals surface area contributed by atoms with Crippen molar-refractivity contribution in [3.63, 3.8) is 0 Å². The number of piperidine rings is 1. The number of fused-ring (bicyclic) bond motifs is 2. The first-order chi connectivity index (χ1) is 11.7. The maximum absolute atomic E-state index is 6.27. The van der Waals surface area contributed by atoms with Crippen LogP contribution in [-0.2, 0) is 16.8 Å². The van der Waals surface area contributed by atoms with Crippen molar-refractivity contribution in [1.82, 2.24) is 9.97 Å². The highest BCUT2D eigenvalue weighted by molar-refractivity contribution is 7.10. The lowest BCUT2D eigenvalue weighted by atomic mass is 9.85. The van der Waals surface area contributed by atoms with E-state index in [1.165, 1.54) is 10.4 Å². The summed E-state index contributed by atoms with van der Waals surface area (Å²) in [6.45, 7) is 2.60. The van der Waals surface area contributed by atoms with E-state index in [0.717, 1.165) is 44.8 Å². The van der Waals surface area contributed by atoms with Gasteiger partial charge >= 0.3 is 6.01 Å². The fraction of sp³-hybridized carbons (Fsp3) is 0.529. The summed E-state index contributed by atoms with van der Waals surface area (Å²) in [7, 11) is 3.17. The Labute approximate surface area is 145 Å². The third kappa shape index (κ3) is 2.61. The number of nitrogens with zero attached hydrogens (tertiary/aromatic N) is 3. The zero-order valence-corrected chi connectivity index (χ0v) is 14.8. The van der Waals surface area contributed by atoms with Gasteiger partial charge in [-0.05, 0) is 36.3 Å². The van der Waals surface area contributed by atoms with Gasteiger partial charge in [0.2, 0.25) is 5.88 Å². The highest BCUT2D eigenvalue weighted by Crippen LogP contribution is 2.44. The van der Waals surface area contributed by atoms with E-state index in [1.54, 1.807) is 14.2 Å². The van der Waals surface area contributed by atoms with Gasteiger partial charge in [-0.15, -0.1) is 11.3 Å². The topological polar surface area (TPSA) is 56.7 Å². The predicted octanol–water partition coefficient (Wildman–Crippen LogP) is 2.62. The van der Waals surface area contributed by atoms with Gasteiger partial charge in [0.15, 0.2) is 0 Å². The number of hydrogen-bond acceptors (Lipinski definition) is 7. The van der Waals surface area contributed by atoms with Crippen molar-refractivity contribution in [2.24, 2.45) is 0 Å². The summed E-state index contributed by atoms with van der Waals surface area (Å²) in [4.78, 5) is 12.3. The van der Waals surface area contributed by atoms with Gasteiger partial charge in [0, 0.05) is 24.0 Å². The average Bonchev–Trinajstić information content (AvgIpc) is 3.12. The first-order valence-electron chi connectivity index (χ1n) is 8.17. The minimum absolute atomic E-state index is 0.112. The second kappa shape index (κ2) is 6.22. The monoisotopic (exact) mass is 347 g/mol. The largest absolute Gasteiger partial charge is 0.481 e. The Hall–Kier alpha value is -1.86. The number of methoxy groups -OCH3 is 2. The van der Waals surface area contributed by atoms with Crippen LogP contribution in [0.1, 0.15) is 23.3 Å². The summed E-state index contributed by atoms with van der Waals surface area (Å²) in [5, 5.41) is 2.19. The highest BCUT2D eigenvalue weighted by atomic mass is 32.1. The number of hydrogen-bond donors (Lipinski definition) is 0. The third-order valence-corrected chi connectivity index (χ3v) is 6.01. The first-order valence-corrected chi connectivity index (χ1v) is 9.05. The summed E-state index contributed by atoms with van der Waals surface area (Å²) in [5.74, 6) is 1.36. The molecule has 0 aromatic carbocycles. The number of anilines is 1. The Morgan fingerprint density at radius 1 is 1.21 bits per heavy atom. The highest BCUT2D eigenvalue weighted by Gasteiger charge is 2.42. The molecule has 0 aliphatic carbocycles. The second-order valence-corrected chi connectivity index (χ2v) is 7.03. The molecule has 0 saturated carbocycles. The number of aromatic nitrogens is 2. The maximum Gasteiger partial charge on any atom is 0.321 e. The van der Waals surface area contributed by atoms with Crippen LogP contribution in [0.25, 0.3) is 0 Å². The molecule has 24 heavy (non-hydrogen) atoms. The molecule has 2 aromatic rings. The van der Waals surface area contributed by atoms with Gasteiger partial charge in [0.25, 0.3) is 0 Å². The minimum atomic E-state index is -0.112. The van der Waals surface area contributed by atoms with Crippen LogP contribution >= 0.6 is 11.3 Å². The first kappa shape index (κ1) is 15.7. The van der Waals surface area contributed by atoms with Crippen molar-refractivity contribution in [3.8, 4) is 11.9 Å². The van der Waals surface area contributed by atoms with Crippen LogP contribution in [0.4, 0.5) is 5.82 Å². The van der Waals surface area contributed by atoms with Crippen molar-refractivity contribution < 1.29 is 14.2 Å². The molecule has 1 fully saturated rings. The molecule has 1 spiro atoms. The molecule has 1 saturated heterocycles.